The topological polar surface area (TPSA) is 55.1 Å². The molecule has 0 aliphatic heterocycles. The monoisotopic (exact) mass is 406 g/mol. The molecule has 152 valence electrons. The predicted octanol–water partition coefficient (Wildman–Crippen LogP) is 3.96. The van der Waals surface area contributed by atoms with Crippen LogP contribution in [0.3, 0.4) is 0 Å². The number of nitrogens with zero attached hydrogens (tertiary/aromatic N) is 2. The third-order valence-electron chi connectivity index (χ3n) is 4.53. The third kappa shape index (κ3) is 4.54. The van der Waals surface area contributed by atoms with E-state index in [0.29, 0.717) is 11.3 Å². The summed E-state index contributed by atoms with van der Waals surface area (Å²) in [4.78, 5) is 17.5. The van der Waals surface area contributed by atoms with Crippen molar-refractivity contribution < 1.29 is 22.7 Å². The van der Waals surface area contributed by atoms with E-state index in [9.17, 15) is 27.5 Å². The minimum atomic E-state index is -4.51. The van der Waals surface area contributed by atoms with Crippen LogP contribution < -0.4 is 5.56 Å². The largest absolute Gasteiger partial charge is 0.416 e. The van der Waals surface area contributed by atoms with Gasteiger partial charge < -0.3 is 5.11 Å². The van der Waals surface area contributed by atoms with Gasteiger partial charge in [0.25, 0.3) is 5.56 Å². The van der Waals surface area contributed by atoms with Crippen LogP contribution in [0.4, 0.5) is 17.6 Å². The fourth-order valence-corrected chi connectivity index (χ4v) is 3.09. The van der Waals surface area contributed by atoms with Crippen LogP contribution in [0.25, 0.3) is 11.4 Å². The molecule has 1 N–H and O–H groups in total. The molecule has 0 bridgehead atoms. The Morgan fingerprint density at radius 1 is 1.10 bits per heavy atom. The van der Waals surface area contributed by atoms with Gasteiger partial charge in [0.2, 0.25) is 0 Å². The van der Waals surface area contributed by atoms with Crippen LogP contribution in [0.5, 0.6) is 0 Å². The van der Waals surface area contributed by atoms with Crippen LogP contribution in [0.2, 0.25) is 0 Å². The number of hydrogen-bond acceptors (Lipinski definition) is 3. The summed E-state index contributed by atoms with van der Waals surface area (Å²) in [5, 5.41) is 9.25. The van der Waals surface area contributed by atoms with E-state index in [1.165, 1.54) is 41.0 Å². The summed E-state index contributed by atoms with van der Waals surface area (Å²) in [5.74, 6) is -0.249. The molecule has 8 heteroatoms. The predicted molar refractivity (Wildman–Crippen MR) is 100.0 cm³/mol. The highest BCUT2D eigenvalue weighted by Crippen LogP contribution is 2.30. The van der Waals surface area contributed by atoms with Gasteiger partial charge in [0.1, 0.15) is 11.6 Å². The Balaban J connectivity index is 2.16. The summed E-state index contributed by atoms with van der Waals surface area (Å²) >= 11 is 0. The molecule has 0 saturated carbocycles. The van der Waals surface area contributed by atoms with Gasteiger partial charge in [-0.3, -0.25) is 9.36 Å². The summed E-state index contributed by atoms with van der Waals surface area (Å²) in [6.07, 6.45) is -4.43. The fourth-order valence-electron chi connectivity index (χ4n) is 3.09. The van der Waals surface area contributed by atoms with E-state index < -0.39 is 23.1 Å². The van der Waals surface area contributed by atoms with Gasteiger partial charge in [-0.05, 0) is 48.9 Å². The summed E-state index contributed by atoms with van der Waals surface area (Å²) in [5.41, 5.74) is 0.138. The van der Waals surface area contributed by atoms with E-state index in [1.54, 1.807) is 6.92 Å². The first-order valence-electron chi connectivity index (χ1n) is 8.84. The van der Waals surface area contributed by atoms with Crippen molar-refractivity contribution >= 4 is 0 Å². The second kappa shape index (κ2) is 8.16. The maximum absolute atomic E-state index is 13.3. The zero-order valence-electron chi connectivity index (χ0n) is 15.5. The van der Waals surface area contributed by atoms with Crippen LogP contribution in [-0.4, -0.2) is 21.3 Å². The van der Waals surface area contributed by atoms with Gasteiger partial charge in [0.05, 0.1) is 12.1 Å². The number of aliphatic hydroxyl groups excluding tert-OH is 1. The van der Waals surface area contributed by atoms with Crippen LogP contribution >= 0.6 is 0 Å². The smallest absolute Gasteiger partial charge is 0.396 e. The zero-order valence-corrected chi connectivity index (χ0v) is 15.5. The molecule has 3 rings (SSSR count). The van der Waals surface area contributed by atoms with E-state index in [4.69, 9.17) is 0 Å². The van der Waals surface area contributed by atoms with Crippen molar-refractivity contribution in [1.82, 2.24) is 9.55 Å². The number of aromatic nitrogens is 2. The maximum atomic E-state index is 13.3. The van der Waals surface area contributed by atoms with Crippen molar-refractivity contribution in [2.45, 2.75) is 26.1 Å². The summed E-state index contributed by atoms with van der Waals surface area (Å²) < 4.78 is 53.7. The van der Waals surface area contributed by atoms with Crippen molar-refractivity contribution in [3.05, 3.63) is 87.1 Å². The van der Waals surface area contributed by atoms with Crippen molar-refractivity contribution in [2.75, 3.05) is 6.61 Å². The highest BCUT2D eigenvalue weighted by Gasteiger charge is 2.30. The molecule has 1 heterocycles. The molecular weight excluding hydrogens is 388 g/mol. The van der Waals surface area contributed by atoms with E-state index in [0.717, 1.165) is 12.1 Å². The summed E-state index contributed by atoms with van der Waals surface area (Å²) in [6.45, 7) is 1.20. The number of aliphatic hydroxyl groups is 1. The molecule has 3 aromatic rings. The molecule has 0 aliphatic rings. The molecule has 0 fully saturated rings. The Labute approximate surface area is 164 Å². The van der Waals surface area contributed by atoms with Crippen molar-refractivity contribution in [1.29, 1.82) is 0 Å². The number of alkyl halides is 3. The lowest BCUT2D eigenvalue weighted by atomic mass is 10.1. The van der Waals surface area contributed by atoms with Crippen molar-refractivity contribution in [2.24, 2.45) is 0 Å². The number of halogens is 4. The molecule has 0 atom stereocenters. The van der Waals surface area contributed by atoms with Crippen LogP contribution in [-0.2, 0) is 19.1 Å². The van der Waals surface area contributed by atoms with Gasteiger partial charge in [0, 0.05) is 29.8 Å². The molecule has 0 amide bonds. The molecular formula is C21H18F4N2O2. The van der Waals surface area contributed by atoms with Crippen molar-refractivity contribution in [3.8, 4) is 11.4 Å². The minimum Gasteiger partial charge on any atom is -0.396 e. The molecule has 1 aromatic heterocycles. The summed E-state index contributed by atoms with van der Waals surface area (Å²) in [6, 6.07) is 10.0. The Morgan fingerprint density at radius 2 is 1.79 bits per heavy atom. The molecule has 2 aromatic carbocycles. The number of rotatable bonds is 5. The van der Waals surface area contributed by atoms with E-state index in [2.05, 4.69) is 4.98 Å². The lowest BCUT2D eigenvalue weighted by Crippen LogP contribution is -2.29. The Morgan fingerprint density at radius 3 is 2.41 bits per heavy atom. The van der Waals surface area contributed by atoms with Crippen LogP contribution in [0.15, 0.2) is 53.3 Å². The van der Waals surface area contributed by atoms with E-state index in [-0.39, 0.29) is 36.5 Å². The normalized spacial score (nSPS) is 11.7. The molecule has 0 radical (unpaired) electrons. The summed E-state index contributed by atoms with van der Waals surface area (Å²) in [7, 11) is 0. The minimum absolute atomic E-state index is 0.0734. The fraction of sp³-hybridized carbons (Fsp3) is 0.238. The maximum Gasteiger partial charge on any atom is 0.416 e. The molecule has 29 heavy (non-hydrogen) atoms. The zero-order chi connectivity index (χ0) is 21.2. The second-order valence-electron chi connectivity index (χ2n) is 6.57. The van der Waals surface area contributed by atoms with Gasteiger partial charge in [-0.1, -0.05) is 12.1 Å². The highest BCUT2D eigenvalue weighted by molar-refractivity contribution is 5.56. The van der Waals surface area contributed by atoms with Gasteiger partial charge >= 0.3 is 6.18 Å². The molecule has 0 aliphatic carbocycles. The third-order valence-corrected chi connectivity index (χ3v) is 4.53. The first kappa shape index (κ1) is 20.7. The number of aryl methyl sites for hydroxylation is 1. The standard InChI is InChI=1S/C21H18F4N2O2/c1-13-18(9-10-28)20(29)27(19(26-13)15-5-7-17(22)8-6-15)12-14-3-2-4-16(11-14)21(23,24)25/h2-8,11,28H,9-10,12H2,1H3. The van der Waals surface area contributed by atoms with Gasteiger partial charge in [-0.2, -0.15) is 13.2 Å². The average molecular weight is 406 g/mol. The lowest BCUT2D eigenvalue weighted by molar-refractivity contribution is -0.137. The number of hydrogen-bond donors (Lipinski definition) is 1. The van der Waals surface area contributed by atoms with E-state index >= 15 is 0 Å². The quantitative estimate of drug-likeness (QED) is 0.653. The molecule has 0 spiro atoms. The van der Waals surface area contributed by atoms with Crippen LogP contribution in [0.1, 0.15) is 22.4 Å². The SMILES string of the molecule is Cc1nc(-c2ccc(F)cc2)n(Cc2cccc(C(F)(F)F)c2)c(=O)c1CCO. The first-order chi connectivity index (χ1) is 13.7. The number of benzene rings is 2. The molecule has 0 unspecified atom stereocenters. The average Bonchev–Trinajstić information content (AvgIpc) is 2.67. The molecule has 4 nitrogen and oxygen atoms in total. The molecule has 0 saturated heterocycles. The van der Waals surface area contributed by atoms with E-state index in [1.807, 2.05) is 0 Å². The second-order valence-corrected chi connectivity index (χ2v) is 6.57. The Hall–Kier alpha value is -3.00. The van der Waals surface area contributed by atoms with Gasteiger partial charge in [0.15, 0.2) is 0 Å². The Kier molecular flexibility index (Phi) is 5.83. The highest BCUT2D eigenvalue weighted by atomic mass is 19.4. The van der Waals surface area contributed by atoms with Crippen molar-refractivity contribution in [3.63, 3.8) is 0 Å². The first-order valence-corrected chi connectivity index (χ1v) is 8.84. The lowest BCUT2D eigenvalue weighted by Gasteiger charge is -2.17. The van der Waals surface area contributed by atoms with Gasteiger partial charge in [-0.25, -0.2) is 9.37 Å². The van der Waals surface area contributed by atoms with Gasteiger partial charge in [-0.15, -0.1) is 0 Å². The van der Waals surface area contributed by atoms with Crippen LogP contribution in [0, 0.1) is 12.7 Å². The Bertz CT molecular complexity index is 1070.